The number of carbonyl (C=O) groups excluding carboxylic acids is 16. The normalized spacial score (nSPS) is 17.9. The summed E-state index contributed by atoms with van der Waals surface area (Å²) >= 11 is 0. The van der Waals surface area contributed by atoms with Crippen molar-refractivity contribution in [3.63, 3.8) is 0 Å². The first-order chi connectivity index (χ1) is 59.6. The predicted octanol–water partition coefficient (Wildman–Crippen LogP) is -4.46. The third-order valence-corrected chi connectivity index (χ3v) is 22.0. The van der Waals surface area contributed by atoms with E-state index in [0.29, 0.717) is 25.7 Å². The molecule has 127 heavy (non-hydrogen) atoms. The van der Waals surface area contributed by atoms with Gasteiger partial charge in [0.05, 0.1) is 38.0 Å². The lowest BCUT2D eigenvalue weighted by molar-refractivity contribution is -0.147. The van der Waals surface area contributed by atoms with Crippen LogP contribution in [0.4, 0.5) is 0 Å². The van der Waals surface area contributed by atoms with Crippen LogP contribution in [0.25, 0.3) is 0 Å². The average Bonchev–Trinajstić information content (AvgIpc) is 1.74. The van der Waals surface area contributed by atoms with Gasteiger partial charge >= 0.3 is 17.9 Å². The summed E-state index contributed by atoms with van der Waals surface area (Å²) in [6, 6.07) is -24.0. The molecule has 2 aliphatic heterocycles. The van der Waals surface area contributed by atoms with Crippen molar-refractivity contribution >= 4 is 112 Å². The van der Waals surface area contributed by atoms with Gasteiger partial charge in [-0.15, -0.1) is 0 Å². The molecule has 44 heteroatoms. The van der Waals surface area contributed by atoms with Gasteiger partial charge < -0.3 is 133 Å². The Morgan fingerprint density at radius 1 is 0.354 bits per heavy atom. The number of aliphatic hydroxyl groups is 2. The largest absolute Gasteiger partial charge is 0.481 e. The Bertz CT molecular complexity index is 3680. The molecule has 0 unspecified atom stereocenters. The fraction of sp³-hybridized carbons (Fsp3) is 0.771. The van der Waals surface area contributed by atoms with E-state index in [1.807, 2.05) is 0 Å². The Morgan fingerprint density at radius 3 is 0.992 bits per heavy atom. The summed E-state index contributed by atoms with van der Waals surface area (Å²) in [5, 5.41) is 83.4. The number of hydrogen-bond donors (Lipinski definition) is 23. The second-order valence-corrected chi connectivity index (χ2v) is 34.8. The van der Waals surface area contributed by atoms with Crippen LogP contribution in [0.5, 0.6) is 0 Å². The number of hydrogen-bond acceptors (Lipinski definition) is 25. The van der Waals surface area contributed by atoms with Crippen LogP contribution in [0.1, 0.15) is 231 Å². The molecule has 19 atom stereocenters. The van der Waals surface area contributed by atoms with E-state index < -0.39 is 247 Å². The summed E-state index contributed by atoms with van der Waals surface area (Å²) in [7, 11) is 0. The zero-order valence-electron chi connectivity index (χ0n) is 75.9. The molecule has 2 rings (SSSR count). The highest BCUT2D eigenvalue weighted by Crippen LogP contribution is 2.24. The number of nitrogens with one attached hydrogen (secondary N) is 13. The molecule has 2 fully saturated rings. The summed E-state index contributed by atoms with van der Waals surface area (Å²) < 4.78 is 0. The summed E-state index contributed by atoms with van der Waals surface area (Å²) in [4.78, 5) is 264. The second kappa shape index (κ2) is 57.5. The summed E-state index contributed by atoms with van der Waals surface area (Å²) in [6.45, 7) is 21.2. The molecule has 16 amide bonds. The lowest BCUT2D eigenvalue weighted by Gasteiger charge is -2.33. The zero-order chi connectivity index (χ0) is 96.4. The lowest BCUT2D eigenvalue weighted by atomic mass is 9.95. The number of primary amides is 1. The Morgan fingerprint density at radius 2 is 0.654 bits per heavy atom. The number of carboxylic acids is 3. The number of nitrogens with two attached hydrogens (primary N) is 5. The van der Waals surface area contributed by atoms with Crippen molar-refractivity contribution in [3.8, 4) is 0 Å². The van der Waals surface area contributed by atoms with Crippen molar-refractivity contribution in [2.75, 3.05) is 39.3 Å². The number of amides is 16. The minimum Gasteiger partial charge on any atom is -0.481 e. The van der Waals surface area contributed by atoms with Gasteiger partial charge in [0.1, 0.15) is 90.6 Å². The van der Waals surface area contributed by atoms with Gasteiger partial charge in [-0.05, 0) is 171 Å². The Labute approximate surface area is 742 Å². The maximum Gasteiger partial charge on any atom is 0.326 e. The van der Waals surface area contributed by atoms with E-state index in [0.717, 1.165) is 9.80 Å². The third kappa shape index (κ3) is 39.5. The molecule has 28 N–H and O–H groups in total. The van der Waals surface area contributed by atoms with E-state index in [4.69, 9.17) is 28.7 Å². The van der Waals surface area contributed by atoms with Crippen LogP contribution >= 0.6 is 0 Å². The van der Waals surface area contributed by atoms with Crippen LogP contribution in [-0.4, -0.2) is 290 Å². The maximum atomic E-state index is 14.7. The van der Waals surface area contributed by atoms with Gasteiger partial charge in [0.2, 0.25) is 94.5 Å². The standard InChI is InChI=1S/C83H146N20O24/c1-14-46(11)65(88)79(122)97-57(39-63(107)108)75(118)89-49(24-16-19-29-84)68(111)92-52(34-42(3)4)71(114)93-54(36-44(7)8)73(116)99-59(41-104)81(124)102-32-22-27-60(102)77(120)90-50(25-17-20-30-85)69(112)96-56(38-62(87)106)74(117)94-53(35-43(5)6)72(115)95-55(37-45(9)10)76(119)100-66(47(12)15-2)80(123)101-67(48(13)105)82(125)103-33-23-28-61(103)78(121)91-51(26-18-21-31-86)70(113)98-58(83(126)127)40-64(109)110/h42-61,65-67,104-105H,14-41,84-86,88H2,1-13H3,(H2,87,106)(H,89,118)(H,90,120)(H,91,121)(H,92,111)(H,93,114)(H,94,117)(H,95,115)(H,96,112)(H,97,122)(H,98,113)(H,99,116)(H,100,119)(H,101,123)(H,107,108)(H,109,110)(H,126,127)/t46-,47-,48+,49-,50-,51-,52-,53-,54-,55-,56-,57-,58-,59-,60-,61-,65-,66-,67-/m0/s1. The molecule has 2 aliphatic rings. The Hall–Kier alpha value is -10.3. The van der Waals surface area contributed by atoms with Crippen molar-refractivity contribution in [2.24, 2.45) is 64.2 Å². The van der Waals surface area contributed by atoms with E-state index in [1.54, 1.807) is 83.1 Å². The molecular formula is C83H146N20O24. The molecule has 0 spiro atoms. The number of rotatable bonds is 61. The summed E-state index contributed by atoms with van der Waals surface area (Å²) in [5.41, 5.74) is 29.0. The lowest BCUT2D eigenvalue weighted by Crippen LogP contribution is -2.63. The number of unbranched alkanes of at least 4 members (excludes halogenated alkanes) is 3. The highest BCUT2D eigenvalue weighted by molar-refractivity contribution is 6.02. The highest BCUT2D eigenvalue weighted by Gasteiger charge is 2.45. The summed E-state index contributed by atoms with van der Waals surface area (Å²) in [6.07, 6.45) is -1.72. The molecule has 2 saturated heterocycles. The summed E-state index contributed by atoms with van der Waals surface area (Å²) in [5.74, 6) is -22.1. The molecule has 0 bridgehead atoms. The van der Waals surface area contributed by atoms with Crippen molar-refractivity contribution < 1.29 is 117 Å². The number of nitrogens with zero attached hydrogens (tertiary/aromatic N) is 2. The first-order valence-electron chi connectivity index (χ1n) is 44.3. The highest BCUT2D eigenvalue weighted by atomic mass is 16.4. The van der Waals surface area contributed by atoms with Crippen LogP contribution in [0, 0.1) is 35.5 Å². The Balaban J connectivity index is 2.46. The van der Waals surface area contributed by atoms with Crippen LogP contribution in [-0.2, 0) is 91.1 Å². The van der Waals surface area contributed by atoms with E-state index >= 15 is 0 Å². The fourth-order valence-electron chi connectivity index (χ4n) is 14.5. The van der Waals surface area contributed by atoms with Gasteiger partial charge in [0.15, 0.2) is 0 Å². The maximum absolute atomic E-state index is 14.7. The first kappa shape index (κ1) is 113. The Kier molecular flexibility index (Phi) is 51.0. The van der Waals surface area contributed by atoms with Crippen LogP contribution in [0.2, 0.25) is 0 Å². The second-order valence-electron chi connectivity index (χ2n) is 34.8. The van der Waals surface area contributed by atoms with Crippen LogP contribution in [0.15, 0.2) is 0 Å². The van der Waals surface area contributed by atoms with Crippen LogP contribution < -0.4 is 97.8 Å². The van der Waals surface area contributed by atoms with Gasteiger partial charge in [0, 0.05) is 13.1 Å². The first-order valence-corrected chi connectivity index (χ1v) is 44.3. The van der Waals surface area contributed by atoms with E-state index in [2.05, 4.69) is 69.1 Å². The fourth-order valence-corrected chi connectivity index (χ4v) is 14.5. The average molecular weight is 1810 g/mol. The van der Waals surface area contributed by atoms with E-state index in [9.17, 15) is 117 Å². The van der Waals surface area contributed by atoms with E-state index in [1.165, 1.54) is 6.92 Å². The smallest absolute Gasteiger partial charge is 0.326 e. The monoisotopic (exact) mass is 1810 g/mol. The predicted molar refractivity (Wildman–Crippen MR) is 463 cm³/mol. The van der Waals surface area contributed by atoms with E-state index in [-0.39, 0.29) is 159 Å². The quantitative estimate of drug-likeness (QED) is 0.0255. The SMILES string of the molecule is CC[C@H](C)[C@H](N)C(=O)N[C@@H](CC(=O)O)C(=O)N[C@@H](CCCCN)C(=O)N[C@@H](CC(C)C)C(=O)N[C@@H](CC(C)C)C(=O)N[C@@H](CO)C(=O)N1CCC[C@H]1C(=O)N[C@@H](CCCCN)C(=O)N[C@@H](CC(N)=O)C(=O)N[C@@H](CC(C)C)C(=O)N[C@@H](CC(C)C)C(=O)N[C@H](C(=O)N[C@H](C(=O)N1CCC[C@H]1C(=O)N[C@@H](CCCCN)C(=O)N[C@@H](CC(=O)O)C(=O)O)[C@@H](C)O)[C@@H](C)CC. The molecule has 0 radical (unpaired) electrons. The zero-order valence-corrected chi connectivity index (χ0v) is 75.9. The molecule has 0 saturated carbocycles. The van der Waals surface area contributed by atoms with Crippen molar-refractivity contribution in [1.29, 1.82) is 0 Å². The number of likely N-dealkylation sites (tertiary alicyclic amines) is 2. The minimum atomic E-state index is -1.85. The molecule has 44 nitrogen and oxygen atoms in total. The van der Waals surface area contributed by atoms with Gasteiger partial charge in [-0.3, -0.25) is 86.3 Å². The number of aliphatic carboxylic acids is 3. The molecule has 2 heterocycles. The van der Waals surface area contributed by atoms with Crippen molar-refractivity contribution in [3.05, 3.63) is 0 Å². The number of carbonyl (C=O) groups is 19. The van der Waals surface area contributed by atoms with Crippen molar-refractivity contribution in [1.82, 2.24) is 78.9 Å². The molecule has 722 valence electrons. The van der Waals surface area contributed by atoms with Gasteiger partial charge in [-0.2, -0.15) is 0 Å². The van der Waals surface area contributed by atoms with Crippen LogP contribution in [0.3, 0.4) is 0 Å². The number of carboxylic acid groups (broad SMARTS) is 3. The molecule has 0 aromatic rings. The third-order valence-electron chi connectivity index (χ3n) is 22.0. The topological polar surface area (TPSA) is 718 Å². The van der Waals surface area contributed by atoms with Gasteiger partial charge in [-0.25, -0.2) is 4.79 Å². The van der Waals surface area contributed by atoms with Crippen molar-refractivity contribution in [2.45, 2.75) is 334 Å². The molecule has 0 aromatic carbocycles. The molecule has 0 aliphatic carbocycles. The number of aliphatic hydroxyl groups excluding tert-OH is 2. The molecule has 0 aromatic heterocycles. The molecular weight excluding hydrogens is 1660 g/mol. The van der Waals surface area contributed by atoms with Gasteiger partial charge in [0.25, 0.3) is 0 Å². The van der Waals surface area contributed by atoms with Gasteiger partial charge in [-0.1, -0.05) is 95.9 Å². The minimum absolute atomic E-state index is 0.00496.